The minimum atomic E-state index is -4.52. The average molecular weight is 444 g/mol. The van der Waals surface area contributed by atoms with E-state index in [1.54, 1.807) is 6.07 Å². The lowest BCUT2D eigenvalue weighted by Crippen LogP contribution is -2.40. The van der Waals surface area contributed by atoms with Crippen LogP contribution >= 0.6 is 0 Å². The SMILES string of the molecule is COc1ccccc1CCNS(=O)(=O)[C@H]1CON(C)[C@H]1c1cccc(C(F)(F)F)c1. The van der Waals surface area contributed by atoms with Gasteiger partial charge in [-0.05, 0) is 35.7 Å². The molecule has 1 N–H and O–H groups in total. The van der Waals surface area contributed by atoms with Crippen LogP contribution in [0.15, 0.2) is 48.5 Å². The van der Waals surface area contributed by atoms with Crippen molar-refractivity contribution in [2.45, 2.75) is 23.9 Å². The molecule has 30 heavy (non-hydrogen) atoms. The summed E-state index contributed by atoms with van der Waals surface area (Å²) in [6.07, 6.45) is -4.11. The molecule has 3 rings (SSSR count). The van der Waals surface area contributed by atoms with Gasteiger partial charge in [0.25, 0.3) is 0 Å². The molecule has 1 aliphatic heterocycles. The number of methoxy groups -OCH3 is 1. The number of alkyl halides is 3. The third-order valence-corrected chi connectivity index (χ3v) is 6.83. The molecule has 0 aliphatic carbocycles. The number of hydrogen-bond donors (Lipinski definition) is 1. The molecule has 0 radical (unpaired) electrons. The fourth-order valence-corrected chi connectivity index (χ4v) is 5.03. The Morgan fingerprint density at radius 1 is 1.20 bits per heavy atom. The Hall–Kier alpha value is -2.14. The normalized spacial score (nSPS) is 20.4. The van der Waals surface area contributed by atoms with Crippen LogP contribution in [0.5, 0.6) is 5.75 Å². The van der Waals surface area contributed by atoms with Crippen molar-refractivity contribution in [2.24, 2.45) is 0 Å². The highest BCUT2D eigenvalue weighted by molar-refractivity contribution is 7.90. The molecular weight excluding hydrogens is 421 g/mol. The van der Waals surface area contributed by atoms with Crippen molar-refractivity contribution in [1.29, 1.82) is 0 Å². The molecule has 0 spiro atoms. The number of ether oxygens (including phenoxy) is 1. The van der Waals surface area contributed by atoms with Crippen LogP contribution in [0.3, 0.4) is 0 Å². The van der Waals surface area contributed by atoms with Gasteiger partial charge in [0, 0.05) is 13.6 Å². The van der Waals surface area contributed by atoms with Gasteiger partial charge >= 0.3 is 6.18 Å². The van der Waals surface area contributed by atoms with E-state index in [1.807, 2.05) is 18.2 Å². The summed E-state index contributed by atoms with van der Waals surface area (Å²) in [7, 11) is -0.822. The molecule has 2 aromatic carbocycles. The molecule has 10 heteroatoms. The van der Waals surface area contributed by atoms with Gasteiger partial charge in [-0.2, -0.15) is 18.2 Å². The summed E-state index contributed by atoms with van der Waals surface area (Å²) < 4.78 is 72.9. The molecular formula is C20H23F3N2O4S. The molecule has 1 heterocycles. The lowest BCUT2D eigenvalue weighted by atomic mass is 10.0. The summed E-state index contributed by atoms with van der Waals surface area (Å²) in [5.41, 5.74) is 0.238. The first-order chi connectivity index (χ1) is 14.1. The second-order valence-electron chi connectivity index (χ2n) is 6.95. The van der Waals surface area contributed by atoms with Gasteiger partial charge in [-0.15, -0.1) is 0 Å². The van der Waals surface area contributed by atoms with E-state index in [1.165, 1.54) is 31.4 Å². The molecule has 0 unspecified atom stereocenters. The molecule has 2 atom stereocenters. The zero-order valence-corrected chi connectivity index (χ0v) is 17.3. The topological polar surface area (TPSA) is 67.9 Å². The minimum Gasteiger partial charge on any atom is -0.496 e. The van der Waals surface area contributed by atoms with Crippen LogP contribution in [0, 0.1) is 0 Å². The molecule has 0 bridgehead atoms. The molecule has 2 aromatic rings. The number of hydroxylamine groups is 2. The highest BCUT2D eigenvalue weighted by Gasteiger charge is 2.43. The average Bonchev–Trinajstić information content (AvgIpc) is 3.10. The van der Waals surface area contributed by atoms with Crippen molar-refractivity contribution in [1.82, 2.24) is 9.79 Å². The fraction of sp³-hybridized carbons (Fsp3) is 0.400. The third-order valence-electron chi connectivity index (χ3n) is 5.03. The van der Waals surface area contributed by atoms with E-state index < -0.39 is 33.1 Å². The van der Waals surface area contributed by atoms with Crippen LogP contribution < -0.4 is 9.46 Å². The van der Waals surface area contributed by atoms with E-state index in [2.05, 4.69) is 4.72 Å². The van der Waals surface area contributed by atoms with Crippen molar-refractivity contribution >= 4 is 10.0 Å². The Labute approximate surface area is 173 Å². The maximum atomic E-state index is 13.1. The zero-order chi connectivity index (χ0) is 21.9. The second-order valence-corrected chi connectivity index (χ2v) is 8.93. The van der Waals surface area contributed by atoms with Crippen molar-refractivity contribution < 1.29 is 31.2 Å². The fourth-order valence-electron chi connectivity index (χ4n) is 3.52. The molecule has 0 saturated carbocycles. The van der Waals surface area contributed by atoms with Gasteiger partial charge in [0.15, 0.2) is 0 Å². The van der Waals surface area contributed by atoms with E-state index in [4.69, 9.17) is 9.57 Å². The Morgan fingerprint density at radius 2 is 1.93 bits per heavy atom. The maximum absolute atomic E-state index is 13.1. The predicted molar refractivity (Wildman–Crippen MR) is 105 cm³/mol. The van der Waals surface area contributed by atoms with E-state index in [0.29, 0.717) is 12.2 Å². The molecule has 1 aliphatic rings. The van der Waals surface area contributed by atoms with E-state index in [0.717, 1.165) is 17.7 Å². The quantitative estimate of drug-likeness (QED) is 0.711. The van der Waals surface area contributed by atoms with Crippen molar-refractivity contribution in [3.05, 3.63) is 65.2 Å². The van der Waals surface area contributed by atoms with Crippen LogP contribution in [0.25, 0.3) is 0 Å². The Balaban J connectivity index is 1.76. The van der Waals surface area contributed by atoms with Gasteiger partial charge in [0.1, 0.15) is 11.0 Å². The number of sulfonamides is 1. The van der Waals surface area contributed by atoms with Crippen molar-refractivity contribution in [3.8, 4) is 5.75 Å². The number of para-hydroxylation sites is 1. The lowest BCUT2D eigenvalue weighted by Gasteiger charge is -2.24. The number of nitrogens with zero attached hydrogens (tertiary/aromatic N) is 1. The standard InChI is InChI=1S/C20H23F3N2O4S/c1-25-19(15-7-5-8-16(12-15)20(21,22)23)18(13-29-25)30(26,27)24-11-10-14-6-3-4-9-17(14)28-2/h3-9,12,18-19,24H,10-11,13H2,1-2H3/t18-,19-/m0/s1. The molecule has 164 valence electrons. The maximum Gasteiger partial charge on any atom is 0.416 e. The predicted octanol–water partition coefficient (Wildman–Crippen LogP) is 3.16. The van der Waals surface area contributed by atoms with Gasteiger partial charge in [-0.1, -0.05) is 30.3 Å². The summed E-state index contributed by atoms with van der Waals surface area (Å²) in [4.78, 5) is 5.36. The first kappa shape index (κ1) is 22.5. The van der Waals surface area contributed by atoms with Crippen molar-refractivity contribution in [2.75, 3.05) is 27.3 Å². The smallest absolute Gasteiger partial charge is 0.416 e. The number of halogens is 3. The first-order valence-corrected chi connectivity index (χ1v) is 10.8. The largest absolute Gasteiger partial charge is 0.496 e. The molecule has 6 nitrogen and oxygen atoms in total. The summed E-state index contributed by atoms with van der Waals surface area (Å²) in [6, 6.07) is 11.1. The lowest BCUT2D eigenvalue weighted by molar-refractivity contribution is -0.138. The minimum absolute atomic E-state index is 0.123. The van der Waals surface area contributed by atoms with Gasteiger partial charge in [-0.25, -0.2) is 13.1 Å². The molecule has 1 saturated heterocycles. The van der Waals surface area contributed by atoms with Crippen LogP contribution in [0.2, 0.25) is 0 Å². The Morgan fingerprint density at radius 3 is 2.63 bits per heavy atom. The zero-order valence-electron chi connectivity index (χ0n) is 16.5. The summed E-state index contributed by atoms with van der Waals surface area (Å²) in [5, 5.41) is 0.239. The van der Waals surface area contributed by atoms with Gasteiger partial charge < -0.3 is 4.74 Å². The Kier molecular flexibility index (Phi) is 6.71. The van der Waals surface area contributed by atoms with Gasteiger partial charge in [0.05, 0.1) is 25.3 Å². The summed E-state index contributed by atoms with van der Waals surface area (Å²) in [5.74, 6) is 0.655. The second kappa shape index (κ2) is 8.93. The van der Waals surface area contributed by atoms with E-state index >= 15 is 0 Å². The van der Waals surface area contributed by atoms with Crippen LogP contribution in [0.4, 0.5) is 13.2 Å². The highest BCUT2D eigenvalue weighted by atomic mass is 32.2. The number of benzene rings is 2. The van der Waals surface area contributed by atoms with Crippen LogP contribution in [-0.4, -0.2) is 46.0 Å². The van der Waals surface area contributed by atoms with Crippen LogP contribution in [-0.2, 0) is 27.5 Å². The third kappa shape index (κ3) is 4.94. The molecule has 1 fully saturated rings. The number of hydrogen-bond acceptors (Lipinski definition) is 5. The Bertz CT molecular complexity index is 982. The van der Waals surface area contributed by atoms with Crippen LogP contribution in [0.1, 0.15) is 22.7 Å². The molecule has 0 amide bonds. The molecule has 0 aromatic heterocycles. The van der Waals surface area contributed by atoms with Gasteiger partial charge in [-0.3, -0.25) is 4.84 Å². The highest BCUT2D eigenvalue weighted by Crippen LogP contribution is 2.36. The van der Waals surface area contributed by atoms with Crippen molar-refractivity contribution in [3.63, 3.8) is 0 Å². The monoisotopic (exact) mass is 444 g/mol. The number of nitrogens with one attached hydrogen (secondary N) is 1. The summed E-state index contributed by atoms with van der Waals surface area (Å²) in [6.45, 7) is -0.0281. The van der Waals surface area contributed by atoms with Gasteiger partial charge in [0.2, 0.25) is 10.0 Å². The van der Waals surface area contributed by atoms with E-state index in [-0.39, 0.29) is 18.7 Å². The number of rotatable bonds is 7. The first-order valence-electron chi connectivity index (χ1n) is 9.27. The summed E-state index contributed by atoms with van der Waals surface area (Å²) >= 11 is 0. The van der Waals surface area contributed by atoms with E-state index in [9.17, 15) is 21.6 Å².